The van der Waals surface area contributed by atoms with E-state index in [0.717, 1.165) is 11.1 Å². The van der Waals surface area contributed by atoms with Gasteiger partial charge in [0.15, 0.2) is 0 Å². The molecule has 1 aromatic heterocycles. The fraction of sp³-hybridized carbons (Fsp3) is 0.316. The van der Waals surface area contributed by atoms with Gasteiger partial charge < -0.3 is 10.2 Å². The number of hydrogen-bond acceptors (Lipinski definition) is 3. The first-order valence-electron chi connectivity index (χ1n) is 8.08. The van der Waals surface area contributed by atoms with Crippen LogP contribution in [0.3, 0.4) is 0 Å². The van der Waals surface area contributed by atoms with Gasteiger partial charge in [0.2, 0.25) is 11.8 Å². The number of aromatic nitrogens is 1. The normalized spacial score (nSPS) is 17.2. The van der Waals surface area contributed by atoms with Gasteiger partial charge in [0.25, 0.3) is 0 Å². The number of anilines is 1. The zero-order valence-electron chi connectivity index (χ0n) is 14.0. The van der Waals surface area contributed by atoms with Crippen molar-refractivity contribution in [1.82, 2.24) is 9.88 Å². The number of rotatable bonds is 4. The molecule has 1 N–H and O–H groups in total. The predicted octanol–water partition coefficient (Wildman–Crippen LogP) is 2.69. The zero-order chi connectivity index (χ0) is 17.1. The molecule has 0 spiro atoms. The van der Waals surface area contributed by atoms with E-state index in [2.05, 4.69) is 10.3 Å². The van der Waals surface area contributed by atoms with Crippen LogP contribution in [-0.4, -0.2) is 28.2 Å². The summed E-state index contributed by atoms with van der Waals surface area (Å²) in [6.45, 7) is 4.97. The fourth-order valence-electron chi connectivity index (χ4n) is 2.85. The van der Waals surface area contributed by atoms with Gasteiger partial charge in [-0.25, -0.2) is 4.98 Å². The molecule has 2 heterocycles. The molecule has 24 heavy (non-hydrogen) atoms. The van der Waals surface area contributed by atoms with E-state index in [1.54, 1.807) is 11.1 Å². The van der Waals surface area contributed by atoms with Crippen molar-refractivity contribution in [2.24, 2.45) is 5.92 Å². The van der Waals surface area contributed by atoms with Crippen LogP contribution in [-0.2, 0) is 16.1 Å². The molecule has 0 bridgehead atoms. The van der Waals surface area contributed by atoms with Gasteiger partial charge in [-0.3, -0.25) is 9.59 Å². The van der Waals surface area contributed by atoms with E-state index < -0.39 is 0 Å². The lowest BCUT2D eigenvalue weighted by Gasteiger charge is -2.16. The summed E-state index contributed by atoms with van der Waals surface area (Å²) in [5.41, 5.74) is 3.30. The van der Waals surface area contributed by atoms with E-state index in [1.165, 1.54) is 5.56 Å². The average molecular weight is 323 g/mol. The molecule has 0 aliphatic carbocycles. The summed E-state index contributed by atoms with van der Waals surface area (Å²) >= 11 is 0. The summed E-state index contributed by atoms with van der Waals surface area (Å²) in [6, 6.07) is 11.8. The first-order chi connectivity index (χ1) is 11.5. The molecule has 5 heteroatoms. The Morgan fingerprint density at radius 3 is 2.67 bits per heavy atom. The fourth-order valence-corrected chi connectivity index (χ4v) is 2.85. The number of nitrogens with zero attached hydrogens (tertiary/aromatic N) is 2. The smallest absolute Gasteiger partial charge is 0.230 e. The molecule has 5 nitrogen and oxygen atoms in total. The molecule has 0 radical (unpaired) electrons. The second-order valence-corrected chi connectivity index (χ2v) is 6.37. The maximum Gasteiger partial charge on any atom is 0.230 e. The van der Waals surface area contributed by atoms with E-state index in [9.17, 15) is 9.59 Å². The molecule has 2 amide bonds. The first-order valence-corrected chi connectivity index (χ1v) is 8.08. The van der Waals surface area contributed by atoms with Crippen LogP contribution in [0.5, 0.6) is 0 Å². The zero-order valence-corrected chi connectivity index (χ0v) is 14.0. The van der Waals surface area contributed by atoms with Crippen LogP contribution >= 0.6 is 0 Å². The molecule has 1 fully saturated rings. The number of amides is 2. The number of pyridine rings is 1. The minimum absolute atomic E-state index is 0.0212. The highest BCUT2D eigenvalue weighted by Gasteiger charge is 2.34. The lowest BCUT2D eigenvalue weighted by molar-refractivity contribution is -0.128. The Morgan fingerprint density at radius 2 is 1.96 bits per heavy atom. The molecule has 2 aromatic rings. The van der Waals surface area contributed by atoms with Gasteiger partial charge in [0, 0.05) is 25.7 Å². The molecule has 1 aromatic carbocycles. The first kappa shape index (κ1) is 16.2. The van der Waals surface area contributed by atoms with Gasteiger partial charge in [-0.2, -0.15) is 0 Å². The number of aryl methyl sites for hydroxylation is 2. The quantitative estimate of drug-likeness (QED) is 0.941. The van der Waals surface area contributed by atoms with Crippen LogP contribution in [0.2, 0.25) is 0 Å². The molecular weight excluding hydrogens is 302 g/mol. The minimum atomic E-state index is -0.328. The molecule has 124 valence electrons. The SMILES string of the molecule is Cc1ccc(CN2C[C@H](C(=O)Nc3cc(C)ccn3)CC2=O)cc1. The summed E-state index contributed by atoms with van der Waals surface area (Å²) in [7, 11) is 0. The van der Waals surface area contributed by atoms with Gasteiger partial charge in [0.1, 0.15) is 5.82 Å². The van der Waals surface area contributed by atoms with Crippen molar-refractivity contribution in [3.05, 3.63) is 59.3 Å². The molecular formula is C19H21N3O2. The third-order valence-corrected chi connectivity index (χ3v) is 4.25. The van der Waals surface area contributed by atoms with E-state index >= 15 is 0 Å². The van der Waals surface area contributed by atoms with Crippen molar-refractivity contribution in [2.75, 3.05) is 11.9 Å². The number of hydrogen-bond donors (Lipinski definition) is 1. The number of likely N-dealkylation sites (tertiary alicyclic amines) is 1. The van der Waals surface area contributed by atoms with E-state index in [1.807, 2.05) is 50.2 Å². The second-order valence-electron chi connectivity index (χ2n) is 6.37. The summed E-state index contributed by atoms with van der Waals surface area (Å²) < 4.78 is 0. The Kier molecular flexibility index (Phi) is 4.60. The van der Waals surface area contributed by atoms with Gasteiger partial charge in [-0.05, 0) is 37.1 Å². The maximum atomic E-state index is 12.4. The Balaban J connectivity index is 1.61. The van der Waals surface area contributed by atoms with E-state index in [-0.39, 0.29) is 24.2 Å². The highest BCUT2D eigenvalue weighted by Crippen LogP contribution is 2.22. The Hall–Kier alpha value is -2.69. The summed E-state index contributed by atoms with van der Waals surface area (Å²) in [4.78, 5) is 30.5. The van der Waals surface area contributed by atoms with Gasteiger partial charge in [-0.1, -0.05) is 29.8 Å². The van der Waals surface area contributed by atoms with Crippen LogP contribution in [0.4, 0.5) is 5.82 Å². The maximum absolute atomic E-state index is 12.4. The third-order valence-electron chi connectivity index (χ3n) is 4.25. The molecule has 3 rings (SSSR count). The van der Waals surface area contributed by atoms with Gasteiger partial charge >= 0.3 is 0 Å². The van der Waals surface area contributed by atoms with Crippen molar-refractivity contribution in [3.8, 4) is 0 Å². The van der Waals surface area contributed by atoms with Gasteiger partial charge in [-0.15, -0.1) is 0 Å². The molecule has 1 aliphatic rings. The van der Waals surface area contributed by atoms with Crippen LogP contribution in [0.25, 0.3) is 0 Å². The number of carbonyl (C=O) groups is 2. The summed E-state index contributed by atoms with van der Waals surface area (Å²) in [5.74, 6) is 0.0791. The molecule has 1 saturated heterocycles. The number of benzene rings is 1. The van der Waals surface area contributed by atoms with Crippen LogP contribution in [0.15, 0.2) is 42.6 Å². The average Bonchev–Trinajstić information content (AvgIpc) is 2.91. The second kappa shape index (κ2) is 6.83. The van der Waals surface area contributed by atoms with Crippen molar-refractivity contribution in [2.45, 2.75) is 26.8 Å². The molecule has 0 unspecified atom stereocenters. The highest BCUT2D eigenvalue weighted by atomic mass is 16.2. The highest BCUT2D eigenvalue weighted by molar-refractivity contribution is 5.96. The van der Waals surface area contributed by atoms with Crippen LogP contribution in [0.1, 0.15) is 23.1 Å². The Labute approximate surface area is 141 Å². The molecule has 1 atom stereocenters. The Bertz CT molecular complexity index is 755. The lowest BCUT2D eigenvalue weighted by atomic mass is 10.1. The van der Waals surface area contributed by atoms with Crippen molar-refractivity contribution >= 4 is 17.6 Å². The molecule has 1 aliphatic heterocycles. The Morgan fingerprint density at radius 1 is 1.21 bits per heavy atom. The summed E-state index contributed by atoms with van der Waals surface area (Å²) in [6.07, 6.45) is 1.91. The summed E-state index contributed by atoms with van der Waals surface area (Å²) in [5, 5.41) is 2.81. The topological polar surface area (TPSA) is 62.3 Å². The van der Waals surface area contributed by atoms with Crippen molar-refractivity contribution in [3.63, 3.8) is 0 Å². The van der Waals surface area contributed by atoms with E-state index in [4.69, 9.17) is 0 Å². The predicted molar refractivity (Wildman–Crippen MR) is 92.3 cm³/mol. The third kappa shape index (κ3) is 3.79. The monoisotopic (exact) mass is 323 g/mol. The van der Waals surface area contributed by atoms with Crippen molar-refractivity contribution in [1.29, 1.82) is 0 Å². The number of nitrogens with one attached hydrogen (secondary N) is 1. The van der Waals surface area contributed by atoms with E-state index in [0.29, 0.717) is 18.9 Å². The van der Waals surface area contributed by atoms with Crippen LogP contribution < -0.4 is 5.32 Å². The lowest BCUT2D eigenvalue weighted by Crippen LogP contribution is -2.28. The largest absolute Gasteiger partial charge is 0.338 e. The van der Waals surface area contributed by atoms with Crippen LogP contribution in [0, 0.1) is 19.8 Å². The number of carbonyl (C=O) groups excluding carboxylic acids is 2. The standard InChI is InChI=1S/C19H21N3O2/c1-13-3-5-15(6-4-13)11-22-12-16(10-18(22)23)19(24)21-17-9-14(2)7-8-20-17/h3-9,16H,10-12H2,1-2H3,(H,20,21,24)/t16-/m1/s1. The van der Waals surface area contributed by atoms with Crippen molar-refractivity contribution < 1.29 is 9.59 Å². The molecule has 0 saturated carbocycles. The minimum Gasteiger partial charge on any atom is -0.338 e. The van der Waals surface area contributed by atoms with Gasteiger partial charge in [0.05, 0.1) is 5.92 Å².